The molecule has 4 amide bonds. The standard InChI is InChI=1S/C40H55N5O4/c1-28-19-21-31(22-20-28)25-34-38(48)43(24-23-30-13-7-4-8-14-30)26-35-44(27-36(46)45(34)35)39(49)40(32-15-9-5-10-16-32,33-17-11-6-12-18-33)42-37(47)29(2)41-3/h4,7-8,13-14,19-22,29,32-35,41H,5-6,9-12,15-18,23-27H2,1-3H3,(H,42,47)/t29-,34-,35+/m0/s1. The monoisotopic (exact) mass is 669 g/mol. The van der Waals surface area contributed by atoms with Crippen molar-refractivity contribution in [3.05, 3.63) is 71.3 Å². The third kappa shape index (κ3) is 7.28. The highest BCUT2D eigenvalue weighted by atomic mass is 16.2. The van der Waals surface area contributed by atoms with Gasteiger partial charge in [0.05, 0.1) is 12.6 Å². The van der Waals surface area contributed by atoms with Crippen LogP contribution in [0.5, 0.6) is 0 Å². The topological polar surface area (TPSA) is 102 Å². The summed E-state index contributed by atoms with van der Waals surface area (Å²) >= 11 is 0. The number of amides is 4. The summed E-state index contributed by atoms with van der Waals surface area (Å²) in [6.45, 7) is 4.55. The molecule has 2 aliphatic carbocycles. The summed E-state index contributed by atoms with van der Waals surface area (Å²) in [7, 11) is 1.77. The number of rotatable bonds is 11. The summed E-state index contributed by atoms with van der Waals surface area (Å²) in [6, 6.07) is 17.1. The van der Waals surface area contributed by atoms with Crippen molar-refractivity contribution >= 4 is 23.6 Å². The van der Waals surface area contributed by atoms with Gasteiger partial charge in [-0.2, -0.15) is 0 Å². The van der Waals surface area contributed by atoms with Crippen LogP contribution in [0.4, 0.5) is 0 Å². The molecule has 0 bridgehead atoms. The van der Waals surface area contributed by atoms with Gasteiger partial charge in [0.1, 0.15) is 24.3 Å². The first-order valence-electron chi connectivity index (χ1n) is 18.7. The van der Waals surface area contributed by atoms with E-state index in [4.69, 9.17) is 0 Å². The molecule has 9 nitrogen and oxygen atoms in total. The lowest BCUT2D eigenvalue weighted by Gasteiger charge is -2.51. The lowest BCUT2D eigenvalue weighted by atomic mass is 9.63. The number of hydrogen-bond donors (Lipinski definition) is 2. The third-order valence-electron chi connectivity index (χ3n) is 11.9. The minimum absolute atomic E-state index is 0.00299. The van der Waals surface area contributed by atoms with Crippen LogP contribution >= 0.6 is 0 Å². The van der Waals surface area contributed by atoms with E-state index in [-0.39, 0.29) is 48.6 Å². The Bertz CT molecular complexity index is 1450. The molecular weight excluding hydrogens is 614 g/mol. The second-order valence-electron chi connectivity index (χ2n) is 15.0. The molecule has 4 aliphatic rings. The Hall–Kier alpha value is -3.72. The predicted molar refractivity (Wildman–Crippen MR) is 190 cm³/mol. The van der Waals surface area contributed by atoms with Crippen molar-refractivity contribution in [2.24, 2.45) is 11.8 Å². The fourth-order valence-electron chi connectivity index (χ4n) is 9.02. The minimum Gasteiger partial charge on any atom is -0.340 e. The van der Waals surface area contributed by atoms with Gasteiger partial charge in [0.25, 0.3) is 5.91 Å². The molecule has 2 saturated heterocycles. The van der Waals surface area contributed by atoms with Gasteiger partial charge in [0, 0.05) is 13.0 Å². The van der Waals surface area contributed by atoms with Gasteiger partial charge in [0.2, 0.25) is 17.7 Å². The van der Waals surface area contributed by atoms with E-state index in [1.165, 1.54) is 0 Å². The Morgan fingerprint density at radius 1 is 0.857 bits per heavy atom. The van der Waals surface area contributed by atoms with E-state index in [1.54, 1.807) is 16.8 Å². The van der Waals surface area contributed by atoms with E-state index in [0.717, 1.165) is 80.9 Å². The Balaban J connectivity index is 1.38. The van der Waals surface area contributed by atoms with Crippen LogP contribution in [0.3, 0.4) is 0 Å². The Morgan fingerprint density at radius 3 is 2.06 bits per heavy atom. The number of likely N-dealkylation sites (N-methyl/N-ethyl adjacent to an activating group) is 1. The van der Waals surface area contributed by atoms with Gasteiger partial charge in [-0.05, 0) is 76.0 Å². The van der Waals surface area contributed by atoms with Gasteiger partial charge in [-0.3, -0.25) is 19.2 Å². The average Bonchev–Trinajstić information content (AvgIpc) is 3.47. The normalized spacial score (nSPS) is 23.0. The van der Waals surface area contributed by atoms with Crippen LogP contribution in [0, 0.1) is 18.8 Å². The molecule has 9 heteroatoms. The maximum absolute atomic E-state index is 15.6. The summed E-state index contributed by atoms with van der Waals surface area (Å²) in [5.41, 5.74) is 2.16. The zero-order chi connectivity index (χ0) is 34.5. The molecule has 2 aromatic carbocycles. The van der Waals surface area contributed by atoms with Crippen LogP contribution in [-0.4, -0.2) is 88.8 Å². The first-order chi connectivity index (χ1) is 23.7. The third-order valence-corrected chi connectivity index (χ3v) is 11.9. The van der Waals surface area contributed by atoms with Gasteiger partial charge in [-0.25, -0.2) is 0 Å². The molecule has 3 atom stereocenters. The summed E-state index contributed by atoms with van der Waals surface area (Å²) in [5, 5.41) is 6.51. The molecule has 2 N–H and O–H groups in total. The molecule has 0 radical (unpaired) electrons. The second-order valence-corrected chi connectivity index (χ2v) is 15.0. The van der Waals surface area contributed by atoms with Crippen molar-refractivity contribution in [2.45, 2.75) is 115 Å². The zero-order valence-electron chi connectivity index (χ0n) is 29.7. The van der Waals surface area contributed by atoms with Crippen LogP contribution in [-0.2, 0) is 32.0 Å². The van der Waals surface area contributed by atoms with Crippen LogP contribution in [0.15, 0.2) is 54.6 Å². The van der Waals surface area contributed by atoms with Gasteiger partial charge in [-0.15, -0.1) is 0 Å². The van der Waals surface area contributed by atoms with Crippen LogP contribution in [0.1, 0.15) is 87.8 Å². The van der Waals surface area contributed by atoms with E-state index >= 15 is 4.79 Å². The van der Waals surface area contributed by atoms with Crippen molar-refractivity contribution in [2.75, 3.05) is 26.7 Å². The number of nitrogens with one attached hydrogen (secondary N) is 2. The number of carbonyl (C=O) groups is 4. The molecule has 2 saturated carbocycles. The maximum Gasteiger partial charge on any atom is 0.251 e. The zero-order valence-corrected chi connectivity index (χ0v) is 29.7. The van der Waals surface area contributed by atoms with Crippen molar-refractivity contribution in [3.8, 4) is 0 Å². The number of aryl methyl sites for hydroxylation is 1. The Kier molecular flexibility index (Phi) is 11.1. The van der Waals surface area contributed by atoms with E-state index in [9.17, 15) is 14.4 Å². The molecule has 4 fully saturated rings. The van der Waals surface area contributed by atoms with Crippen molar-refractivity contribution < 1.29 is 19.2 Å². The summed E-state index contributed by atoms with van der Waals surface area (Å²) in [4.78, 5) is 63.2. The smallest absolute Gasteiger partial charge is 0.251 e. The van der Waals surface area contributed by atoms with Gasteiger partial charge >= 0.3 is 0 Å². The summed E-state index contributed by atoms with van der Waals surface area (Å²) < 4.78 is 0. The molecule has 2 aliphatic heterocycles. The number of piperazine rings is 1. The Labute approximate surface area is 292 Å². The van der Waals surface area contributed by atoms with Gasteiger partial charge in [-0.1, -0.05) is 98.7 Å². The molecular formula is C40H55N5O4. The van der Waals surface area contributed by atoms with E-state index < -0.39 is 23.8 Å². The van der Waals surface area contributed by atoms with Crippen molar-refractivity contribution in [1.29, 1.82) is 0 Å². The molecule has 264 valence electrons. The maximum atomic E-state index is 15.6. The quantitative estimate of drug-likeness (QED) is 0.364. The van der Waals surface area contributed by atoms with E-state index in [1.807, 2.05) is 61.2 Å². The summed E-state index contributed by atoms with van der Waals surface area (Å²) in [6.07, 6.45) is 10.4. The molecule has 2 aromatic rings. The highest BCUT2D eigenvalue weighted by Crippen LogP contribution is 2.45. The molecule has 0 spiro atoms. The number of benzene rings is 2. The first-order valence-corrected chi connectivity index (χ1v) is 18.7. The highest BCUT2D eigenvalue weighted by Gasteiger charge is 2.59. The first kappa shape index (κ1) is 35.1. The second kappa shape index (κ2) is 15.4. The van der Waals surface area contributed by atoms with E-state index in [0.29, 0.717) is 19.4 Å². The molecule has 6 rings (SSSR count). The fraction of sp³-hybridized carbons (Fsp3) is 0.600. The lowest BCUT2D eigenvalue weighted by molar-refractivity contribution is -0.160. The van der Waals surface area contributed by atoms with E-state index in [2.05, 4.69) is 22.8 Å². The molecule has 2 heterocycles. The Morgan fingerprint density at radius 2 is 1.47 bits per heavy atom. The lowest BCUT2D eigenvalue weighted by Crippen LogP contribution is -2.72. The van der Waals surface area contributed by atoms with Crippen LogP contribution < -0.4 is 10.6 Å². The molecule has 0 unspecified atom stereocenters. The van der Waals surface area contributed by atoms with Crippen LogP contribution in [0.2, 0.25) is 0 Å². The number of carbonyl (C=O) groups excluding carboxylic acids is 4. The number of nitrogens with zero attached hydrogens (tertiary/aromatic N) is 3. The van der Waals surface area contributed by atoms with Crippen molar-refractivity contribution in [3.63, 3.8) is 0 Å². The predicted octanol–water partition coefficient (Wildman–Crippen LogP) is 4.61. The molecule has 49 heavy (non-hydrogen) atoms. The number of fused-ring (bicyclic) bond motifs is 1. The molecule has 0 aromatic heterocycles. The minimum atomic E-state index is -1.10. The summed E-state index contributed by atoms with van der Waals surface area (Å²) in [5.74, 6) is -0.571. The van der Waals surface area contributed by atoms with Crippen molar-refractivity contribution in [1.82, 2.24) is 25.3 Å². The average molecular weight is 670 g/mol. The SMILES string of the molecule is CN[C@@H](C)C(=O)NC(C(=O)N1CC(=O)N2[C@@H]1CN(CCc1ccccc1)C(=O)[C@@H]2Cc1ccc(C)cc1)(C1CCCCC1)C1CCCCC1. The fourth-order valence-corrected chi connectivity index (χ4v) is 9.02. The largest absolute Gasteiger partial charge is 0.340 e. The van der Waals surface area contributed by atoms with Crippen LogP contribution in [0.25, 0.3) is 0 Å². The highest BCUT2D eigenvalue weighted by molar-refractivity contribution is 5.99. The van der Waals surface area contributed by atoms with Gasteiger partial charge in [0.15, 0.2) is 0 Å². The number of hydrogen-bond acceptors (Lipinski definition) is 5. The van der Waals surface area contributed by atoms with Gasteiger partial charge < -0.3 is 25.3 Å².